The highest BCUT2D eigenvalue weighted by atomic mass is 32.2. The number of fused-ring (bicyclic) bond motifs is 3. The number of hydrogen-bond donors (Lipinski definition) is 1. The Hall–Kier alpha value is -3.38. The lowest BCUT2D eigenvalue weighted by atomic mass is 9.88. The summed E-state index contributed by atoms with van der Waals surface area (Å²) in [6.07, 6.45) is 1.06. The molecule has 0 aliphatic carbocycles. The predicted molar refractivity (Wildman–Crippen MR) is 122 cm³/mol. The zero-order valence-electron chi connectivity index (χ0n) is 17.1. The van der Waals surface area contributed by atoms with Gasteiger partial charge in [0.15, 0.2) is 0 Å². The van der Waals surface area contributed by atoms with Crippen molar-refractivity contribution in [2.75, 3.05) is 4.31 Å². The highest BCUT2D eigenvalue weighted by Crippen LogP contribution is 2.49. The summed E-state index contributed by atoms with van der Waals surface area (Å²) in [7, 11) is -4.04. The minimum atomic E-state index is -4.04. The van der Waals surface area contributed by atoms with E-state index < -0.39 is 27.3 Å². The number of aryl methyl sites for hydroxylation is 1. The van der Waals surface area contributed by atoms with Crippen LogP contribution in [0.5, 0.6) is 0 Å². The Bertz CT molecular complexity index is 1250. The van der Waals surface area contributed by atoms with Crippen LogP contribution in [-0.2, 0) is 14.8 Å². The van der Waals surface area contributed by atoms with Gasteiger partial charge in [0.2, 0.25) is 10.0 Å². The largest absolute Gasteiger partial charge is 0.481 e. The Morgan fingerprint density at radius 2 is 1.65 bits per heavy atom. The highest BCUT2D eigenvalue weighted by molar-refractivity contribution is 7.93. The molecule has 1 aliphatic rings. The molecule has 0 radical (unpaired) electrons. The maximum absolute atomic E-state index is 14.0. The summed E-state index contributed by atoms with van der Waals surface area (Å²) >= 11 is 0. The lowest BCUT2D eigenvalue weighted by molar-refractivity contribution is -0.137. The number of benzene rings is 3. The maximum Gasteiger partial charge on any atom is 0.305 e. The molecule has 6 heteroatoms. The summed E-state index contributed by atoms with van der Waals surface area (Å²) in [6, 6.07) is 21.0. The molecule has 0 bridgehead atoms. The molecule has 3 aromatic rings. The van der Waals surface area contributed by atoms with E-state index in [2.05, 4.69) is 6.58 Å². The van der Waals surface area contributed by atoms with E-state index in [1.54, 1.807) is 36.4 Å². The molecule has 5 nitrogen and oxygen atoms in total. The van der Waals surface area contributed by atoms with Gasteiger partial charge in [0, 0.05) is 5.56 Å². The van der Waals surface area contributed by atoms with Gasteiger partial charge >= 0.3 is 5.97 Å². The number of carbonyl (C=O) groups is 1. The van der Waals surface area contributed by atoms with Gasteiger partial charge < -0.3 is 5.11 Å². The molecule has 3 aromatic carbocycles. The highest BCUT2D eigenvalue weighted by Gasteiger charge is 2.42. The first-order valence-electron chi connectivity index (χ1n) is 9.97. The van der Waals surface area contributed by atoms with Gasteiger partial charge in [-0.05, 0) is 29.7 Å². The normalized spacial score (nSPS) is 16.2. The number of nitrogens with zero attached hydrogens (tertiary/aromatic N) is 1. The fourth-order valence-electron chi connectivity index (χ4n) is 4.20. The zero-order chi connectivity index (χ0) is 22.2. The third kappa shape index (κ3) is 3.64. The van der Waals surface area contributed by atoms with Crippen LogP contribution < -0.4 is 4.31 Å². The molecule has 0 fully saturated rings. The minimum absolute atomic E-state index is 0.345. The third-order valence-corrected chi connectivity index (χ3v) is 7.72. The Morgan fingerprint density at radius 3 is 2.29 bits per heavy atom. The van der Waals surface area contributed by atoms with E-state index in [0.29, 0.717) is 16.8 Å². The fourth-order valence-corrected chi connectivity index (χ4v) is 6.17. The van der Waals surface area contributed by atoms with Crippen molar-refractivity contribution in [2.45, 2.75) is 24.6 Å². The summed E-state index contributed by atoms with van der Waals surface area (Å²) in [5.41, 5.74) is 4.37. The quantitative estimate of drug-likeness (QED) is 0.539. The van der Waals surface area contributed by atoms with Crippen molar-refractivity contribution >= 4 is 21.7 Å². The van der Waals surface area contributed by atoms with Crippen molar-refractivity contribution in [3.8, 4) is 11.1 Å². The second kappa shape index (κ2) is 8.04. The number of hydrogen-bond acceptors (Lipinski definition) is 3. The van der Waals surface area contributed by atoms with Crippen LogP contribution in [0.1, 0.15) is 34.4 Å². The summed E-state index contributed by atoms with van der Waals surface area (Å²) in [5, 5.41) is 8.61. The van der Waals surface area contributed by atoms with Crippen LogP contribution in [0.3, 0.4) is 0 Å². The van der Waals surface area contributed by atoms with Crippen molar-refractivity contribution in [1.82, 2.24) is 0 Å². The topological polar surface area (TPSA) is 74.7 Å². The molecule has 0 saturated carbocycles. The van der Waals surface area contributed by atoms with Gasteiger partial charge in [-0.25, -0.2) is 8.42 Å². The Morgan fingerprint density at radius 1 is 1.03 bits per heavy atom. The molecule has 158 valence electrons. The van der Waals surface area contributed by atoms with Crippen molar-refractivity contribution in [1.29, 1.82) is 0 Å². The number of sulfonamides is 1. The van der Waals surface area contributed by atoms with Crippen molar-refractivity contribution in [3.05, 3.63) is 102 Å². The summed E-state index contributed by atoms with van der Waals surface area (Å²) in [4.78, 5) is 11.8. The number of para-hydroxylation sites is 1. The molecule has 4 rings (SSSR count). The molecule has 1 aliphatic heterocycles. The molecule has 31 heavy (non-hydrogen) atoms. The maximum atomic E-state index is 14.0. The van der Waals surface area contributed by atoms with Crippen LogP contribution in [0, 0.1) is 6.92 Å². The smallest absolute Gasteiger partial charge is 0.305 e. The van der Waals surface area contributed by atoms with E-state index in [9.17, 15) is 18.3 Å². The zero-order valence-corrected chi connectivity index (χ0v) is 17.9. The van der Waals surface area contributed by atoms with Gasteiger partial charge in [0.1, 0.15) is 5.25 Å². The molecule has 0 saturated heterocycles. The molecule has 2 atom stereocenters. The Labute approximate surface area is 182 Å². The van der Waals surface area contributed by atoms with E-state index in [1.165, 1.54) is 10.4 Å². The van der Waals surface area contributed by atoms with E-state index in [1.807, 2.05) is 43.3 Å². The fraction of sp³-hybridized carbons (Fsp3) is 0.160. The SMILES string of the molecule is C=CC(c1ccc(C)cc1)S(=O)(=O)N1c2ccccc2-c2ccccc2C1CC(=O)O. The molecular formula is C25H23NO4S. The van der Waals surface area contributed by atoms with Crippen LogP contribution in [-0.4, -0.2) is 19.5 Å². The minimum Gasteiger partial charge on any atom is -0.481 e. The average molecular weight is 434 g/mol. The Kier molecular flexibility index (Phi) is 5.41. The van der Waals surface area contributed by atoms with Gasteiger partial charge in [0.05, 0.1) is 18.2 Å². The first kappa shape index (κ1) is 20.9. The van der Waals surface area contributed by atoms with Gasteiger partial charge in [-0.2, -0.15) is 0 Å². The molecule has 1 heterocycles. The van der Waals surface area contributed by atoms with Crippen molar-refractivity contribution < 1.29 is 18.3 Å². The van der Waals surface area contributed by atoms with E-state index in [0.717, 1.165) is 16.7 Å². The van der Waals surface area contributed by atoms with Crippen molar-refractivity contribution in [3.63, 3.8) is 0 Å². The number of carboxylic acids is 1. The van der Waals surface area contributed by atoms with Gasteiger partial charge in [-0.15, -0.1) is 6.58 Å². The standard InChI is InChI=1S/C25H23NO4S/c1-3-24(18-14-12-17(2)13-15-18)31(29,30)26-22-11-7-6-9-20(22)19-8-4-5-10-21(19)23(26)16-25(27)28/h3-15,23-24H,1,16H2,2H3,(H,27,28). The molecule has 0 amide bonds. The predicted octanol–water partition coefficient (Wildman–Crippen LogP) is 5.25. The number of aliphatic carboxylic acids is 1. The van der Waals surface area contributed by atoms with Crippen LogP contribution in [0.4, 0.5) is 5.69 Å². The Balaban J connectivity index is 1.94. The summed E-state index contributed by atoms with van der Waals surface area (Å²) < 4.78 is 29.3. The number of anilines is 1. The first-order valence-corrected chi connectivity index (χ1v) is 11.5. The van der Waals surface area contributed by atoms with E-state index >= 15 is 0 Å². The lowest BCUT2D eigenvalue weighted by Crippen LogP contribution is -2.40. The van der Waals surface area contributed by atoms with Gasteiger partial charge in [-0.1, -0.05) is 78.4 Å². The van der Waals surface area contributed by atoms with Crippen LogP contribution in [0.2, 0.25) is 0 Å². The monoisotopic (exact) mass is 433 g/mol. The molecule has 0 spiro atoms. The van der Waals surface area contributed by atoms with Gasteiger partial charge in [0.25, 0.3) is 0 Å². The van der Waals surface area contributed by atoms with Crippen LogP contribution >= 0.6 is 0 Å². The first-order chi connectivity index (χ1) is 14.8. The molecular weight excluding hydrogens is 410 g/mol. The average Bonchev–Trinajstić information content (AvgIpc) is 2.75. The van der Waals surface area contributed by atoms with Crippen LogP contribution in [0.15, 0.2) is 85.5 Å². The lowest BCUT2D eigenvalue weighted by Gasteiger charge is -2.40. The van der Waals surface area contributed by atoms with Gasteiger partial charge in [-0.3, -0.25) is 9.10 Å². The number of carboxylic acid groups (broad SMARTS) is 1. The molecule has 1 N–H and O–H groups in total. The van der Waals surface area contributed by atoms with Crippen LogP contribution in [0.25, 0.3) is 11.1 Å². The summed E-state index contributed by atoms with van der Waals surface area (Å²) in [5.74, 6) is -1.06. The van der Waals surface area contributed by atoms with E-state index in [4.69, 9.17) is 0 Å². The molecule has 2 unspecified atom stereocenters. The third-order valence-electron chi connectivity index (χ3n) is 5.62. The second-order valence-electron chi connectivity index (χ2n) is 7.63. The van der Waals surface area contributed by atoms with Crippen molar-refractivity contribution in [2.24, 2.45) is 0 Å². The molecule has 0 aromatic heterocycles. The second-order valence-corrected chi connectivity index (χ2v) is 9.56. The number of rotatable bonds is 6. The summed E-state index contributed by atoms with van der Waals surface area (Å²) in [6.45, 7) is 5.72. The van der Waals surface area contributed by atoms with E-state index in [-0.39, 0.29) is 6.42 Å².